The lowest BCUT2D eigenvalue weighted by atomic mass is 9.70. The Hall–Kier alpha value is -7.31. The van der Waals surface area contributed by atoms with Crippen LogP contribution < -0.4 is 26.2 Å². The first-order valence-corrected chi connectivity index (χ1v) is 27.8. The number of ketones is 1. The predicted octanol–water partition coefficient (Wildman–Crippen LogP) is 5.89. The third-order valence-corrected chi connectivity index (χ3v) is 18.6. The number of aromatic nitrogens is 4. The highest BCUT2D eigenvalue weighted by Crippen LogP contribution is 2.64. The second-order valence-corrected chi connectivity index (χ2v) is 24.4. The molecule has 2 bridgehead atoms. The molecular weight excluding hydrogens is 1120 g/mol. The van der Waals surface area contributed by atoms with Crippen LogP contribution in [0.4, 0.5) is 10.5 Å². The van der Waals surface area contributed by atoms with Crippen molar-refractivity contribution in [2.45, 2.75) is 94.7 Å². The molecule has 22 heteroatoms. The number of carbonyl (C=O) groups is 6. The van der Waals surface area contributed by atoms with Gasteiger partial charge in [0, 0.05) is 52.3 Å². The quantitative estimate of drug-likeness (QED) is 0.0353. The molecule has 2 aliphatic carbocycles. The number of pyridine rings is 2. The molecule has 2 fully saturated rings. The van der Waals surface area contributed by atoms with Gasteiger partial charge in [-0.05, 0) is 106 Å². The van der Waals surface area contributed by atoms with E-state index in [1.54, 1.807) is 95.6 Å². The van der Waals surface area contributed by atoms with E-state index < -0.39 is 89.7 Å². The molecule has 6 atom stereocenters. The van der Waals surface area contributed by atoms with E-state index in [2.05, 4.69) is 30.6 Å². The van der Waals surface area contributed by atoms with Crippen molar-refractivity contribution < 1.29 is 51.8 Å². The van der Waals surface area contributed by atoms with Crippen LogP contribution in [0.5, 0.6) is 0 Å². The van der Waals surface area contributed by atoms with Crippen LogP contribution in [0.3, 0.4) is 0 Å². The fourth-order valence-electron chi connectivity index (χ4n) is 11.4. The molecule has 6 N–H and O–H groups in total. The second-order valence-electron chi connectivity index (χ2n) is 21.2. The molecule has 6 aromatic rings. The summed E-state index contributed by atoms with van der Waals surface area (Å²) in [5.41, 5.74) is 3.52. The predicted molar refractivity (Wildman–Crippen MR) is 290 cm³/mol. The highest BCUT2D eigenvalue weighted by atomic mass is 127. The summed E-state index contributed by atoms with van der Waals surface area (Å²) < 4.78 is 40.2. The van der Waals surface area contributed by atoms with Crippen molar-refractivity contribution in [3.8, 4) is 22.5 Å². The lowest BCUT2D eigenvalue weighted by Gasteiger charge is -2.36. The molecule has 0 radical (unpaired) electrons. The average Bonchev–Trinajstić information content (AvgIpc) is 4.16. The number of cyclic esters (lactones) is 1. The summed E-state index contributed by atoms with van der Waals surface area (Å²) in [5.74, 6) is -5.09. The Balaban J connectivity index is 0.807. The summed E-state index contributed by atoms with van der Waals surface area (Å²) in [7, 11) is -4.17. The van der Waals surface area contributed by atoms with E-state index in [0.29, 0.717) is 57.8 Å². The number of aromatic amines is 1. The monoisotopic (exact) mass is 1180 g/mol. The SMILES string of the molecule is CC(C)[C@H](NC(=O)[C@H](Cc1cnc[nH]1)NC(=O)Nc1cccc(-c2ccc(C[C@H](NS(=O)(=O)CC34CCC(CC3=O)C4(C)C)C(=O)O)cc2)c1)C(=O)O[C@]1(I)C(=O)OCc2c1cc1n(c2=O)Cc2cc3ccccc3nc2-1. The van der Waals surface area contributed by atoms with Crippen molar-refractivity contribution in [2.75, 3.05) is 11.1 Å². The number of anilines is 1. The number of imidazole rings is 1. The molecule has 2 aliphatic heterocycles. The summed E-state index contributed by atoms with van der Waals surface area (Å²) in [6.45, 7) is 7.08. The van der Waals surface area contributed by atoms with E-state index in [1.807, 2.05) is 44.2 Å². The molecule has 400 valence electrons. The number of alkyl halides is 1. The van der Waals surface area contributed by atoms with Crippen LogP contribution >= 0.6 is 22.6 Å². The van der Waals surface area contributed by atoms with Crippen molar-refractivity contribution in [2.24, 2.45) is 22.7 Å². The molecule has 0 saturated heterocycles. The number of hydrogen-bond donors (Lipinski definition) is 6. The van der Waals surface area contributed by atoms with Gasteiger partial charge in [-0.25, -0.2) is 37.5 Å². The van der Waals surface area contributed by atoms with Gasteiger partial charge in [0.05, 0.1) is 41.1 Å². The van der Waals surface area contributed by atoms with Crippen LogP contribution in [0, 0.1) is 22.7 Å². The van der Waals surface area contributed by atoms with Crippen LogP contribution in [0.25, 0.3) is 33.4 Å². The molecule has 3 aromatic heterocycles. The first-order chi connectivity index (χ1) is 36.6. The van der Waals surface area contributed by atoms with Crippen LogP contribution in [-0.2, 0) is 73.1 Å². The molecule has 77 heavy (non-hydrogen) atoms. The number of carboxylic acids is 1. The summed E-state index contributed by atoms with van der Waals surface area (Å²) in [6, 6.07) is 19.9. The molecule has 3 amide bonds. The van der Waals surface area contributed by atoms with Crippen LogP contribution in [0.1, 0.15) is 74.9 Å². The van der Waals surface area contributed by atoms with Crippen molar-refractivity contribution in [1.82, 2.24) is 34.9 Å². The molecule has 0 spiro atoms. The second kappa shape index (κ2) is 20.2. The fourth-order valence-corrected chi connectivity index (χ4v) is 14.3. The Morgan fingerprint density at radius 3 is 2.40 bits per heavy atom. The molecule has 4 aliphatic rings. The van der Waals surface area contributed by atoms with Crippen molar-refractivity contribution in [1.29, 1.82) is 0 Å². The van der Waals surface area contributed by atoms with Gasteiger partial charge in [0.15, 0.2) is 0 Å². The van der Waals surface area contributed by atoms with Crippen LogP contribution in [-0.4, -0.2) is 92.6 Å². The number of fused-ring (bicyclic) bond motifs is 7. The first-order valence-electron chi connectivity index (χ1n) is 25.1. The number of nitrogens with one attached hydrogen (secondary N) is 5. The number of aliphatic carboxylic acids is 1. The van der Waals surface area contributed by atoms with Gasteiger partial charge in [-0.15, -0.1) is 0 Å². The zero-order valence-electron chi connectivity index (χ0n) is 42.3. The Bertz CT molecular complexity index is 3590. The lowest BCUT2D eigenvalue weighted by molar-refractivity contribution is -0.176. The number of ether oxygens (including phenoxy) is 2. The number of sulfonamides is 1. The summed E-state index contributed by atoms with van der Waals surface area (Å²) >= 11 is 1.67. The van der Waals surface area contributed by atoms with Gasteiger partial charge in [0.1, 0.15) is 30.5 Å². The molecule has 3 aromatic carbocycles. The Morgan fingerprint density at radius 2 is 1.71 bits per heavy atom. The average molecular weight is 1180 g/mol. The smallest absolute Gasteiger partial charge is 0.366 e. The normalized spacial score (nSPS) is 21.1. The minimum Gasteiger partial charge on any atom is -0.480 e. The topological polar surface area (TPSA) is 287 Å². The minimum atomic E-state index is -4.17. The number of Topliss-reactive ketones (excluding diaryl/α,β-unsaturated/α-hetero) is 1. The highest BCUT2D eigenvalue weighted by molar-refractivity contribution is 14.1. The van der Waals surface area contributed by atoms with Crippen molar-refractivity contribution in [3.05, 3.63) is 136 Å². The van der Waals surface area contributed by atoms with E-state index in [-0.39, 0.29) is 48.8 Å². The standard InChI is InChI=1S/C55H55IN8O12S/c1-29(2)45(50(70)76-55(56)39-23-43-46-34(19-33-8-5-6-11-40(33)60-46)25-64(43)48(67)38(39)26-75-51(55)71)62-47(66)41(22-37-24-57-28-58-37)61-52(72)59-36-10-7-9-32(20-36)31-14-12-30(13-15-31)18-42(49(68)69)63-77(73,74)27-54-17-16-35(21-44(54)65)53(54,3)4/h5-15,19-20,23-24,28-29,35,41-42,45,63H,16-18,21-22,25-27H2,1-4H3,(H,57,58)(H,62,66)(H,68,69)(H2,59,61,72)/t35?,41-,42-,45-,54?,55-/m0/s1. The fraction of sp³-hybridized carbons (Fsp3) is 0.364. The van der Waals surface area contributed by atoms with Crippen LogP contribution in [0.15, 0.2) is 102 Å². The maximum atomic E-state index is 14.3. The molecular formula is C55H55IN8O12S. The largest absolute Gasteiger partial charge is 0.480 e. The number of halogens is 1. The van der Waals surface area contributed by atoms with Gasteiger partial charge in [-0.1, -0.05) is 82.3 Å². The maximum absolute atomic E-state index is 14.3. The van der Waals surface area contributed by atoms with Crippen molar-refractivity contribution in [3.63, 3.8) is 0 Å². The number of rotatable bonds is 17. The Kier molecular flexibility index (Phi) is 14.0. The third kappa shape index (κ3) is 10.0. The highest BCUT2D eigenvalue weighted by Gasteiger charge is 2.65. The number of carboxylic acid groups (broad SMARTS) is 1. The van der Waals surface area contributed by atoms with Crippen molar-refractivity contribution >= 4 is 84.8 Å². The zero-order chi connectivity index (χ0) is 54.8. The molecule has 2 unspecified atom stereocenters. The van der Waals surface area contributed by atoms with E-state index in [1.165, 1.54) is 12.5 Å². The van der Waals surface area contributed by atoms with E-state index in [9.17, 15) is 47.1 Å². The first kappa shape index (κ1) is 53.1. The number of H-pyrrole nitrogens is 1. The number of para-hydroxylation sites is 1. The maximum Gasteiger partial charge on any atom is 0.366 e. The summed E-state index contributed by atoms with van der Waals surface area (Å²) in [5, 5.41) is 19.1. The molecule has 10 rings (SSSR count). The number of urea groups is 1. The van der Waals surface area contributed by atoms with Gasteiger partial charge in [-0.2, -0.15) is 0 Å². The third-order valence-electron chi connectivity index (χ3n) is 15.8. The summed E-state index contributed by atoms with van der Waals surface area (Å²) in [6.07, 6.45) is 4.19. The van der Waals surface area contributed by atoms with Gasteiger partial charge in [0.25, 0.3) is 9.17 Å². The van der Waals surface area contributed by atoms with Gasteiger partial charge < -0.3 is 40.1 Å². The van der Waals surface area contributed by atoms with E-state index >= 15 is 0 Å². The van der Waals surface area contributed by atoms with E-state index in [0.717, 1.165) is 17.4 Å². The van der Waals surface area contributed by atoms with E-state index in [4.69, 9.17) is 14.5 Å². The zero-order valence-corrected chi connectivity index (χ0v) is 45.3. The molecule has 5 heterocycles. The van der Waals surface area contributed by atoms with Gasteiger partial charge in [0.2, 0.25) is 15.9 Å². The number of hydrogen-bond acceptors (Lipinski definition) is 13. The molecule has 20 nitrogen and oxygen atoms in total. The Morgan fingerprint density at radius 1 is 0.948 bits per heavy atom. The van der Waals surface area contributed by atoms with Gasteiger partial charge >= 0.3 is 23.9 Å². The molecule has 2 saturated carbocycles. The number of nitrogens with zero attached hydrogens (tertiary/aromatic N) is 3. The number of amides is 3. The number of benzene rings is 3. The number of esters is 2. The minimum absolute atomic E-state index is 0.0789. The lowest BCUT2D eigenvalue weighted by Crippen LogP contribution is -2.56. The summed E-state index contributed by atoms with van der Waals surface area (Å²) in [4.78, 5) is 107. The number of carbonyl (C=O) groups excluding carboxylic acids is 5. The Labute approximate surface area is 455 Å². The van der Waals surface area contributed by atoms with Gasteiger partial charge in [-0.3, -0.25) is 19.2 Å². The van der Waals surface area contributed by atoms with Crippen LogP contribution in [0.2, 0.25) is 0 Å².